The van der Waals surface area contributed by atoms with Crippen LogP contribution in [-0.4, -0.2) is 0 Å². The summed E-state index contributed by atoms with van der Waals surface area (Å²) in [5.74, 6) is 0. The van der Waals surface area contributed by atoms with Gasteiger partial charge in [-0.25, -0.2) is 0 Å². The predicted octanol–water partition coefficient (Wildman–Crippen LogP) is 17.9. The van der Waals surface area contributed by atoms with Crippen LogP contribution in [0.4, 0.5) is 17.1 Å². The number of allylic oxidation sites excluding steroid dienone is 2. The maximum atomic E-state index is 2.43. The summed E-state index contributed by atoms with van der Waals surface area (Å²) in [6.45, 7) is 13.4. The van der Waals surface area contributed by atoms with E-state index in [1.54, 1.807) is 0 Å². The molecule has 9 aromatic rings. The van der Waals surface area contributed by atoms with E-state index in [1.165, 1.54) is 83.1 Å². The molecule has 1 heteroatoms. The third-order valence-corrected chi connectivity index (χ3v) is 12.5. The molecule has 0 N–H and O–H groups in total. The molecular weight excluding hydrogens is 795 g/mol. The van der Waals surface area contributed by atoms with Crippen molar-refractivity contribution in [2.24, 2.45) is 0 Å². The Morgan fingerprint density at radius 1 is 0.424 bits per heavy atom. The van der Waals surface area contributed by atoms with Gasteiger partial charge in [0.1, 0.15) is 0 Å². The van der Waals surface area contributed by atoms with Crippen LogP contribution in [0.1, 0.15) is 76.4 Å². The average molecular weight is 852 g/mol. The van der Waals surface area contributed by atoms with Crippen molar-refractivity contribution < 1.29 is 0 Å². The molecule has 0 saturated heterocycles. The summed E-state index contributed by atoms with van der Waals surface area (Å²) >= 11 is 0. The molecule has 0 radical (unpaired) electrons. The van der Waals surface area contributed by atoms with Gasteiger partial charge < -0.3 is 4.90 Å². The fourth-order valence-corrected chi connectivity index (χ4v) is 8.76. The van der Waals surface area contributed by atoms with Crippen molar-refractivity contribution in [3.05, 3.63) is 280 Å². The van der Waals surface area contributed by atoms with E-state index in [-0.39, 0.29) is 5.41 Å². The lowest BCUT2D eigenvalue weighted by atomic mass is 9.84. The van der Waals surface area contributed by atoms with Gasteiger partial charge in [0.15, 0.2) is 0 Å². The lowest BCUT2D eigenvalue weighted by Crippen LogP contribution is -2.12. The molecule has 9 aromatic carbocycles. The van der Waals surface area contributed by atoms with E-state index < -0.39 is 0 Å². The van der Waals surface area contributed by atoms with Crippen molar-refractivity contribution in [2.45, 2.75) is 47.0 Å². The molecule has 0 bridgehead atoms. The van der Waals surface area contributed by atoms with Gasteiger partial charge in [0.2, 0.25) is 0 Å². The minimum absolute atomic E-state index is 0.0365. The Kier molecular flexibility index (Phi) is 12.6. The van der Waals surface area contributed by atoms with Crippen molar-refractivity contribution >= 4 is 51.1 Å². The molecule has 0 aliphatic rings. The highest BCUT2D eigenvalue weighted by molar-refractivity contribution is 6.06. The predicted molar refractivity (Wildman–Crippen MR) is 286 cm³/mol. The molecule has 66 heavy (non-hydrogen) atoms. The van der Waals surface area contributed by atoms with Gasteiger partial charge >= 0.3 is 0 Å². The summed E-state index contributed by atoms with van der Waals surface area (Å²) < 4.78 is 0. The Morgan fingerprint density at radius 2 is 1.00 bits per heavy atom. The number of aryl methyl sites for hydroxylation is 3. The standard InChI is InChI=1S/C65H57N/c1-46-26-32-52(33-27-46)62(53-34-28-47(2)29-35-53)44-56-36-41-64(61-40-37-57(45-63(56)61)65(4,5)6)66(59-24-15-23-55(43-59)54-22-13-16-48(3)42-54)58-38-30-49(31-39-58)17-14-25-60(50-18-9-7-10-19-50)51-20-11-8-12-21-51/h7-45H,1-6H3/b17-14+. The molecule has 0 aliphatic heterocycles. The molecule has 0 atom stereocenters. The van der Waals surface area contributed by atoms with E-state index in [2.05, 4.69) is 283 Å². The maximum absolute atomic E-state index is 2.43. The van der Waals surface area contributed by atoms with Crippen LogP contribution in [0.2, 0.25) is 0 Å². The van der Waals surface area contributed by atoms with E-state index >= 15 is 0 Å². The van der Waals surface area contributed by atoms with Gasteiger partial charge in [-0.05, 0) is 135 Å². The van der Waals surface area contributed by atoms with Gasteiger partial charge in [-0.3, -0.25) is 0 Å². The van der Waals surface area contributed by atoms with E-state index in [1.807, 2.05) is 0 Å². The molecule has 0 heterocycles. The van der Waals surface area contributed by atoms with Crippen LogP contribution in [-0.2, 0) is 5.41 Å². The third-order valence-electron chi connectivity index (χ3n) is 12.5. The van der Waals surface area contributed by atoms with Crippen molar-refractivity contribution in [1.29, 1.82) is 0 Å². The quantitative estimate of drug-likeness (QED) is 0.0926. The number of nitrogens with zero attached hydrogens (tertiary/aromatic N) is 1. The van der Waals surface area contributed by atoms with Crippen molar-refractivity contribution in [3.63, 3.8) is 0 Å². The zero-order chi connectivity index (χ0) is 45.6. The first-order valence-electron chi connectivity index (χ1n) is 23.1. The number of anilines is 3. The number of benzene rings is 9. The zero-order valence-corrected chi connectivity index (χ0v) is 39.0. The monoisotopic (exact) mass is 851 g/mol. The first kappa shape index (κ1) is 43.5. The fraction of sp³-hybridized carbons (Fsp3) is 0.108. The normalized spacial score (nSPS) is 11.4. The fourth-order valence-electron chi connectivity index (χ4n) is 8.76. The highest BCUT2D eigenvalue weighted by Crippen LogP contribution is 2.43. The van der Waals surface area contributed by atoms with E-state index in [0.29, 0.717) is 0 Å². The van der Waals surface area contributed by atoms with Crippen LogP contribution in [0.5, 0.6) is 0 Å². The largest absolute Gasteiger partial charge is 0.310 e. The Balaban J connectivity index is 1.20. The molecule has 0 fully saturated rings. The Hall–Kier alpha value is -7.74. The Morgan fingerprint density at radius 3 is 1.59 bits per heavy atom. The lowest BCUT2D eigenvalue weighted by Gasteiger charge is -2.29. The number of rotatable bonds is 11. The number of hydrogen-bond donors (Lipinski definition) is 0. The molecule has 0 amide bonds. The van der Waals surface area contributed by atoms with Crippen molar-refractivity contribution in [2.75, 3.05) is 4.90 Å². The topological polar surface area (TPSA) is 3.24 Å². The molecule has 1 nitrogen and oxygen atoms in total. The SMILES string of the molecule is Cc1ccc(C(=Cc2ccc(N(c3ccc(/C=C/C=C(c4ccccc4)c4ccccc4)cc3)c3cccc(-c4cccc(C)c4)c3)c3ccc(C(C)(C)C)cc23)c2ccc(C)cc2)cc1. The highest BCUT2D eigenvalue weighted by atomic mass is 15.1. The summed E-state index contributed by atoms with van der Waals surface area (Å²) in [5.41, 5.74) is 20.2. The Labute approximate surface area is 392 Å². The van der Waals surface area contributed by atoms with Crippen molar-refractivity contribution in [1.82, 2.24) is 0 Å². The molecule has 0 spiro atoms. The molecule has 0 unspecified atom stereocenters. The Bertz CT molecular complexity index is 3110. The maximum Gasteiger partial charge on any atom is 0.0540 e. The molecular formula is C65H57N. The van der Waals surface area contributed by atoms with Gasteiger partial charge in [-0.15, -0.1) is 0 Å². The van der Waals surface area contributed by atoms with Crippen LogP contribution in [0.3, 0.4) is 0 Å². The summed E-state index contributed by atoms with van der Waals surface area (Å²) in [6, 6.07) is 77.5. The lowest BCUT2D eigenvalue weighted by molar-refractivity contribution is 0.591. The zero-order valence-electron chi connectivity index (χ0n) is 39.0. The summed E-state index contributed by atoms with van der Waals surface area (Å²) in [6.07, 6.45) is 8.98. The van der Waals surface area contributed by atoms with E-state index in [0.717, 1.165) is 22.6 Å². The van der Waals surface area contributed by atoms with Crippen LogP contribution in [0, 0.1) is 20.8 Å². The number of fused-ring (bicyclic) bond motifs is 1. The van der Waals surface area contributed by atoms with Gasteiger partial charge in [0.25, 0.3) is 0 Å². The average Bonchev–Trinajstić information content (AvgIpc) is 3.34. The second-order valence-corrected chi connectivity index (χ2v) is 18.5. The van der Waals surface area contributed by atoms with Crippen LogP contribution < -0.4 is 4.90 Å². The number of hydrogen-bond acceptors (Lipinski definition) is 1. The van der Waals surface area contributed by atoms with Crippen LogP contribution >= 0.6 is 0 Å². The summed E-state index contributed by atoms with van der Waals surface area (Å²) in [4.78, 5) is 2.43. The van der Waals surface area contributed by atoms with E-state index in [9.17, 15) is 0 Å². The first-order chi connectivity index (χ1) is 32.1. The smallest absolute Gasteiger partial charge is 0.0540 e. The summed E-state index contributed by atoms with van der Waals surface area (Å²) in [7, 11) is 0. The van der Waals surface area contributed by atoms with E-state index in [4.69, 9.17) is 0 Å². The van der Waals surface area contributed by atoms with Gasteiger partial charge in [0, 0.05) is 16.8 Å². The summed E-state index contributed by atoms with van der Waals surface area (Å²) in [5, 5.41) is 2.41. The third kappa shape index (κ3) is 9.82. The van der Waals surface area contributed by atoms with Gasteiger partial charge in [0.05, 0.1) is 5.69 Å². The minimum atomic E-state index is -0.0365. The van der Waals surface area contributed by atoms with Crippen LogP contribution in [0.15, 0.2) is 224 Å². The molecule has 9 rings (SSSR count). The first-order valence-corrected chi connectivity index (χ1v) is 23.1. The molecule has 0 saturated carbocycles. The van der Waals surface area contributed by atoms with Gasteiger partial charge in [-0.1, -0.05) is 232 Å². The second kappa shape index (κ2) is 19.2. The van der Waals surface area contributed by atoms with Crippen molar-refractivity contribution in [3.8, 4) is 11.1 Å². The minimum Gasteiger partial charge on any atom is -0.310 e. The molecule has 322 valence electrons. The van der Waals surface area contributed by atoms with Gasteiger partial charge in [-0.2, -0.15) is 0 Å². The molecule has 0 aromatic heterocycles. The van der Waals surface area contributed by atoms with Crippen LogP contribution in [0.25, 0.3) is 45.2 Å². The highest BCUT2D eigenvalue weighted by Gasteiger charge is 2.21. The molecule has 0 aliphatic carbocycles. The second-order valence-electron chi connectivity index (χ2n) is 18.5.